The van der Waals surface area contributed by atoms with Crippen LogP contribution in [0.5, 0.6) is 0 Å². The monoisotopic (exact) mass is 292 g/mol. The van der Waals surface area contributed by atoms with Gasteiger partial charge in [0.1, 0.15) is 7.85 Å². The van der Waals surface area contributed by atoms with E-state index in [1.807, 2.05) is 12.2 Å². The fourth-order valence-electron chi connectivity index (χ4n) is 2.95. The van der Waals surface area contributed by atoms with Crippen LogP contribution >= 0.6 is 0 Å². The summed E-state index contributed by atoms with van der Waals surface area (Å²) in [5, 5.41) is 10.3. The Morgan fingerprint density at radius 1 is 1.33 bits per heavy atom. The van der Waals surface area contributed by atoms with E-state index >= 15 is 0 Å². The third-order valence-electron chi connectivity index (χ3n) is 4.29. The Hall–Kier alpha value is -0.575. The highest BCUT2D eigenvalue weighted by atomic mass is 16.5. The van der Waals surface area contributed by atoms with Gasteiger partial charge < -0.3 is 14.6 Å². The van der Waals surface area contributed by atoms with Crippen LogP contribution in [-0.2, 0) is 9.47 Å². The summed E-state index contributed by atoms with van der Waals surface area (Å²) < 4.78 is 10.6. The molecular weight excluding hydrogens is 263 g/mol. The van der Waals surface area contributed by atoms with E-state index < -0.39 is 6.00 Å². The summed E-state index contributed by atoms with van der Waals surface area (Å²) >= 11 is 0. The lowest BCUT2D eigenvalue weighted by Crippen LogP contribution is -2.21. The Labute approximate surface area is 130 Å². The molecule has 2 unspecified atom stereocenters. The van der Waals surface area contributed by atoms with Crippen LogP contribution in [0.1, 0.15) is 39.0 Å². The van der Waals surface area contributed by atoms with Gasteiger partial charge in [0.25, 0.3) is 0 Å². The number of hydrogen-bond acceptors (Lipinski definition) is 3. The highest BCUT2D eigenvalue weighted by Gasteiger charge is 2.40. The van der Waals surface area contributed by atoms with E-state index in [9.17, 15) is 5.11 Å². The number of ether oxygens (including phenoxy) is 2. The van der Waals surface area contributed by atoms with E-state index in [0.717, 1.165) is 12.8 Å². The van der Waals surface area contributed by atoms with Crippen LogP contribution in [-0.4, -0.2) is 45.4 Å². The van der Waals surface area contributed by atoms with Crippen LogP contribution in [0, 0.1) is 11.8 Å². The molecule has 21 heavy (non-hydrogen) atoms. The van der Waals surface area contributed by atoms with Crippen LogP contribution in [0.4, 0.5) is 0 Å². The van der Waals surface area contributed by atoms with Crippen molar-refractivity contribution in [1.29, 1.82) is 0 Å². The van der Waals surface area contributed by atoms with Crippen molar-refractivity contribution in [2.45, 2.75) is 57.2 Å². The first-order valence-electron chi connectivity index (χ1n) is 7.96. The van der Waals surface area contributed by atoms with Crippen molar-refractivity contribution in [1.82, 2.24) is 0 Å². The van der Waals surface area contributed by atoms with Gasteiger partial charge in [-0.05, 0) is 18.8 Å². The molecule has 0 aromatic rings. The van der Waals surface area contributed by atoms with Crippen LogP contribution in [0.3, 0.4) is 0 Å². The Bertz CT molecular complexity index is 330. The van der Waals surface area contributed by atoms with Crippen LogP contribution in [0.2, 0.25) is 0 Å². The van der Waals surface area contributed by atoms with Crippen molar-refractivity contribution in [3.63, 3.8) is 0 Å². The summed E-state index contributed by atoms with van der Waals surface area (Å²) in [5.41, 5.74) is 0. The molecule has 0 heterocycles. The SMILES string of the molecule is [B]C(/C=C/[C@H]1[C@H](OC)CC(O)[C@@H]1C/C=C\CCCC)OC. The van der Waals surface area contributed by atoms with Gasteiger partial charge in [0, 0.05) is 32.6 Å². The van der Waals surface area contributed by atoms with Crippen molar-refractivity contribution in [3.05, 3.63) is 24.3 Å². The highest BCUT2D eigenvalue weighted by molar-refractivity contribution is 6.12. The van der Waals surface area contributed by atoms with E-state index in [1.165, 1.54) is 12.8 Å². The maximum atomic E-state index is 10.3. The van der Waals surface area contributed by atoms with Gasteiger partial charge in [0.05, 0.1) is 12.2 Å². The lowest BCUT2D eigenvalue weighted by molar-refractivity contribution is 0.0747. The molecule has 118 valence electrons. The molecule has 1 aliphatic carbocycles. The number of rotatable bonds is 9. The first-order valence-corrected chi connectivity index (χ1v) is 7.96. The maximum Gasteiger partial charge on any atom is 0.114 e. The van der Waals surface area contributed by atoms with Crippen molar-refractivity contribution in [2.24, 2.45) is 11.8 Å². The molecule has 1 saturated carbocycles. The Balaban J connectivity index is 2.63. The highest BCUT2D eigenvalue weighted by Crippen LogP contribution is 2.37. The molecule has 0 amide bonds. The average Bonchev–Trinajstić information content (AvgIpc) is 2.80. The summed E-state index contributed by atoms with van der Waals surface area (Å²) in [4.78, 5) is 0. The van der Waals surface area contributed by atoms with Crippen LogP contribution in [0.25, 0.3) is 0 Å². The first kappa shape index (κ1) is 18.5. The zero-order chi connectivity index (χ0) is 15.7. The van der Waals surface area contributed by atoms with Crippen molar-refractivity contribution in [3.8, 4) is 0 Å². The van der Waals surface area contributed by atoms with Crippen molar-refractivity contribution in [2.75, 3.05) is 14.2 Å². The number of methoxy groups -OCH3 is 2. The van der Waals surface area contributed by atoms with Gasteiger partial charge in [-0.15, -0.1) is 0 Å². The van der Waals surface area contributed by atoms with E-state index in [4.69, 9.17) is 17.3 Å². The van der Waals surface area contributed by atoms with E-state index in [-0.39, 0.29) is 24.0 Å². The van der Waals surface area contributed by atoms with Gasteiger partial charge in [-0.25, -0.2) is 0 Å². The molecule has 0 aromatic heterocycles. The molecule has 1 rings (SSSR count). The number of aliphatic hydroxyl groups excluding tert-OH is 1. The maximum absolute atomic E-state index is 10.3. The minimum atomic E-state index is -0.402. The number of aliphatic hydroxyl groups is 1. The number of allylic oxidation sites excluding steroid dienone is 2. The van der Waals surface area contributed by atoms with Gasteiger partial charge in [-0.1, -0.05) is 44.1 Å². The summed E-state index contributed by atoms with van der Waals surface area (Å²) in [6.45, 7) is 2.19. The molecule has 5 atom stereocenters. The second-order valence-corrected chi connectivity index (χ2v) is 5.75. The van der Waals surface area contributed by atoms with Gasteiger partial charge >= 0.3 is 0 Å². The van der Waals surface area contributed by atoms with Gasteiger partial charge in [0.2, 0.25) is 0 Å². The molecule has 2 radical (unpaired) electrons. The van der Waals surface area contributed by atoms with Gasteiger partial charge in [0.15, 0.2) is 0 Å². The molecule has 4 heteroatoms. The standard InChI is InChI=1S/C17H29BO3/c1-4-5-6-7-8-9-13-14(10-11-17(18)21-3)16(20-2)12-15(13)19/h7-8,10-11,13-17,19H,4-6,9,12H2,1-3H3/b8-7-,11-10+/t13-,14-,15?,16-,17?/m1/s1. The van der Waals surface area contributed by atoms with Crippen molar-refractivity contribution >= 4 is 7.85 Å². The third kappa shape index (κ3) is 5.97. The van der Waals surface area contributed by atoms with Gasteiger partial charge in [-0.2, -0.15) is 0 Å². The molecule has 1 fully saturated rings. The van der Waals surface area contributed by atoms with Crippen LogP contribution < -0.4 is 0 Å². The van der Waals surface area contributed by atoms with Gasteiger partial charge in [-0.3, -0.25) is 0 Å². The fraction of sp³-hybridized carbons (Fsp3) is 0.765. The van der Waals surface area contributed by atoms with Crippen molar-refractivity contribution < 1.29 is 14.6 Å². The van der Waals surface area contributed by atoms with E-state index in [2.05, 4.69) is 19.1 Å². The summed E-state index contributed by atoms with van der Waals surface area (Å²) in [6, 6.07) is -0.402. The molecule has 0 aliphatic heterocycles. The third-order valence-corrected chi connectivity index (χ3v) is 4.29. The second-order valence-electron chi connectivity index (χ2n) is 5.75. The predicted octanol–water partition coefficient (Wildman–Crippen LogP) is 2.83. The predicted molar refractivity (Wildman–Crippen MR) is 87.4 cm³/mol. The minimum Gasteiger partial charge on any atom is -0.393 e. The lowest BCUT2D eigenvalue weighted by Gasteiger charge is -2.21. The summed E-state index contributed by atoms with van der Waals surface area (Å²) in [5.74, 6) is 0.371. The molecule has 0 saturated heterocycles. The number of unbranched alkanes of at least 4 members (excludes halogenated alkanes) is 2. The molecule has 0 aromatic carbocycles. The summed E-state index contributed by atoms with van der Waals surface area (Å²) in [7, 11) is 9.03. The Morgan fingerprint density at radius 3 is 2.71 bits per heavy atom. The van der Waals surface area contributed by atoms with Crippen LogP contribution in [0.15, 0.2) is 24.3 Å². The largest absolute Gasteiger partial charge is 0.393 e. The van der Waals surface area contributed by atoms with E-state index in [1.54, 1.807) is 14.2 Å². The van der Waals surface area contributed by atoms with E-state index in [0.29, 0.717) is 6.42 Å². The Kier molecular flexibility index (Phi) is 8.97. The second kappa shape index (κ2) is 10.2. The molecule has 0 bridgehead atoms. The summed E-state index contributed by atoms with van der Waals surface area (Å²) in [6.07, 6.45) is 13.1. The smallest absolute Gasteiger partial charge is 0.114 e. The zero-order valence-electron chi connectivity index (χ0n) is 13.6. The first-order chi connectivity index (χ1) is 10.1. The molecule has 1 aliphatic rings. The lowest BCUT2D eigenvalue weighted by atomic mass is 9.88. The molecule has 0 spiro atoms. The normalized spacial score (nSPS) is 31.4. The molecule has 3 nitrogen and oxygen atoms in total. The zero-order valence-corrected chi connectivity index (χ0v) is 13.6. The molecular formula is C17H29BO3. The average molecular weight is 292 g/mol. The topological polar surface area (TPSA) is 38.7 Å². The minimum absolute atomic E-state index is 0.0503. The fourth-order valence-corrected chi connectivity index (χ4v) is 2.95. The Morgan fingerprint density at radius 2 is 2.10 bits per heavy atom. The number of hydrogen-bond donors (Lipinski definition) is 1. The quantitative estimate of drug-likeness (QED) is 0.403. The molecule has 1 N–H and O–H groups in total.